The van der Waals surface area contributed by atoms with Gasteiger partial charge < -0.3 is 14.6 Å². The zero-order valence-corrected chi connectivity index (χ0v) is 12.9. The van der Waals surface area contributed by atoms with E-state index in [1.165, 1.54) is 0 Å². The van der Waals surface area contributed by atoms with Crippen LogP contribution in [-0.4, -0.2) is 34.3 Å². The molecule has 3 aromatic rings. The van der Waals surface area contributed by atoms with Gasteiger partial charge in [-0.05, 0) is 36.4 Å². The first-order valence-electron chi connectivity index (χ1n) is 7.11. The molecule has 0 fully saturated rings. The summed E-state index contributed by atoms with van der Waals surface area (Å²) in [6.45, 7) is -0.192. The Bertz CT molecular complexity index is 797. The first-order valence-corrected chi connectivity index (χ1v) is 7.11. The van der Waals surface area contributed by atoms with E-state index in [1.807, 2.05) is 48.5 Å². The highest BCUT2D eigenvalue weighted by Gasteiger charge is 2.16. The minimum atomic E-state index is -0.192. The summed E-state index contributed by atoms with van der Waals surface area (Å²) < 4.78 is 12.1. The molecule has 2 aromatic carbocycles. The van der Waals surface area contributed by atoms with Crippen molar-refractivity contribution in [3.05, 3.63) is 54.2 Å². The molecule has 23 heavy (non-hydrogen) atoms. The normalized spacial score (nSPS) is 10.6. The average molecular weight is 311 g/mol. The van der Waals surface area contributed by atoms with Crippen molar-refractivity contribution in [3.63, 3.8) is 0 Å². The number of aliphatic hydroxyl groups excluding tert-OH is 1. The fourth-order valence-electron chi connectivity index (χ4n) is 2.38. The Labute approximate surface area is 133 Å². The van der Waals surface area contributed by atoms with Gasteiger partial charge in [0.1, 0.15) is 22.9 Å². The Hall–Kier alpha value is -2.86. The van der Waals surface area contributed by atoms with Crippen molar-refractivity contribution in [1.29, 1.82) is 0 Å². The largest absolute Gasteiger partial charge is 0.497 e. The first-order chi connectivity index (χ1) is 11.3. The highest BCUT2D eigenvalue weighted by atomic mass is 16.5. The SMILES string of the molecule is COc1ccc(-n2nnc(CO)c2-c2cccc(OC)c2)cc1. The van der Waals surface area contributed by atoms with Crippen LogP contribution in [0.25, 0.3) is 16.9 Å². The maximum Gasteiger partial charge on any atom is 0.119 e. The quantitative estimate of drug-likeness (QED) is 0.784. The zero-order chi connectivity index (χ0) is 16.2. The number of hydrogen-bond donors (Lipinski definition) is 1. The molecule has 0 saturated heterocycles. The third-order valence-corrected chi connectivity index (χ3v) is 3.55. The second kappa shape index (κ2) is 6.50. The molecule has 1 N–H and O–H groups in total. The number of methoxy groups -OCH3 is 2. The molecule has 0 aliphatic rings. The topological polar surface area (TPSA) is 69.4 Å². The number of rotatable bonds is 5. The van der Waals surface area contributed by atoms with E-state index in [4.69, 9.17) is 9.47 Å². The van der Waals surface area contributed by atoms with Gasteiger partial charge in [0, 0.05) is 5.56 Å². The van der Waals surface area contributed by atoms with E-state index >= 15 is 0 Å². The second-order valence-corrected chi connectivity index (χ2v) is 4.88. The lowest BCUT2D eigenvalue weighted by Crippen LogP contribution is -2.00. The molecule has 0 aliphatic heterocycles. The van der Waals surface area contributed by atoms with Gasteiger partial charge in [-0.25, -0.2) is 4.68 Å². The van der Waals surface area contributed by atoms with Crippen LogP contribution in [0.5, 0.6) is 11.5 Å². The van der Waals surface area contributed by atoms with Gasteiger partial charge >= 0.3 is 0 Å². The van der Waals surface area contributed by atoms with Crippen molar-refractivity contribution in [2.75, 3.05) is 14.2 Å². The van der Waals surface area contributed by atoms with Crippen molar-refractivity contribution >= 4 is 0 Å². The van der Waals surface area contributed by atoms with Crippen molar-refractivity contribution < 1.29 is 14.6 Å². The average Bonchev–Trinajstić information content (AvgIpc) is 3.06. The monoisotopic (exact) mass is 311 g/mol. The number of ether oxygens (including phenoxy) is 2. The molecule has 0 unspecified atom stereocenters. The van der Waals surface area contributed by atoms with Crippen molar-refractivity contribution in [3.8, 4) is 28.4 Å². The second-order valence-electron chi connectivity index (χ2n) is 4.88. The van der Waals surface area contributed by atoms with Gasteiger partial charge in [-0.2, -0.15) is 0 Å². The molecule has 6 heteroatoms. The minimum Gasteiger partial charge on any atom is -0.497 e. The van der Waals surface area contributed by atoms with Crippen LogP contribution in [-0.2, 0) is 6.61 Å². The molecular formula is C17H17N3O3. The van der Waals surface area contributed by atoms with Crippen molar-refractivity contribution in [1.82, 2.24) is 15.0 Å². The molecule has 1 heterocycles. The number of aliphatic hydroxyl groups is 1. The number of benzene rings is 2. The van der Waals surface area contributed by atoms with Crippen LogP contribution in [0.2, 0.25) is 0 Å². The van der Waals surface area contributed by atoms with Crippen LogP contribution in [0.4, 0.5) is 0 Å². The van der Waals surface area contributed by atoms with E-state index in [0.29, 0.717) is 5.69 Å². The molecule has 0 saturated carbocycles. The molecular weight excluding hydrogens is 294 g/mol. The van der Waals surface area contributed by atoms with Crippen LogP contribution in [0.15, 0.2) is 48.5 Å². The first kappa shape index (κ1) is 15.1. The fourth-order valence-corrected chi connectivity index (χ4v) is 2.38. The molecule has 0 bridgehead atoms. The molecule has 118 valence electrons. The Morgan fingerprint density at radius 2 is 1.74 bits per heavy atom. The Balaban J connectivity index is 2.12. The lowest BCUT2D eigenvalue weighted by molar-refractivity contribution is 0.277. The molecule has 0 atom stereocenters. The molecule has 0 amide bonds. The summed E-state index contributed by atoms with van der Waals surface area (Å²) in [5.41, 5.74) is 2.94. The maximum absolute atomic E-state index is 9.58. The summed E-state index contributed by atoms with van der Waals surface area (Å²) in [7, 11) is 3.24. The van der Waals surface area contributed by atoms with E-state index in [0.717, 1.165) is 28.4 Å². The van der Waals surface area contributed by atoms with Gasteiger partial charge in [-0.3, -0.25) is 0 Å². The summed E-state index contributed by atoms with van der Waals surface area (Å²) in [5.74, 6) is 1.49. The summed E-state index contributed by atoms with van der Waals surface area (Å²) in [5, 5.41) is 17.8. The lowest BCUT2D eigenvalue weighted by Gasteiger charge is -2.09. The van der Waals surface area contributed by atoms with Crippen LogP contribution in [0.1, 0.15) is 5.69 Å². The molecule has 3 rings (SSSR count). The fraction of sp³-hybridized carbons (Fsp3) is 0.176. The molecule has 6 nitrogen and oxygen atoms in total. The van der Waals surface area contributed by atoms with Crippen LogP contribution in [0, 0.1) is 0 Å². The highest BCUT2D eigenvalue weighted by molar-refractivity contribution is 5.66. The minimum absolute atomic E-state index is 0.192. The van der Waals surface area contributed by atoms with Gasteiger partial charge in [-0.1, -0.05) is 17.3 Å². The van der Waals surface area contributed by atoms with Gasteiger partial charge in [0.05, 0.1) is 26.5 Å². The molecule has 0 aliphatic carbocycles. The van der Waals surface area contributed by atoms with Crippen molar-refractivity contribution in [2.45, 2.75) is 6.61 Å². The molecule has 1 aromatic heterocycles. The Morgan fingerprint density at radius 3 is 2.39 bits per heavy atom. The third-order valence-electron chi connectivity index (χ3n) is 3.55. The predicted molar refractivity (Wildman–Crippen MR) is 85.8 cm³/mol. The highest BCUT2D eigenvalue weighted by Crippen LogP contribution is 2.28. The van der Waals surface area contributed by atoms with Gasteiger partial charge in [0.15, 0.2) is 0 Å². The number of nitrogens with zero attached hydrogens (tertiary/aromatic N) is 3. The summed E-state index contributed by atoms with van der Waals surface area (Å²) in [4.78, 5) is 0. The summed E-state index contributed by atoms with van der Waals surface area (Å²) in [6, 6.07) is 15.1. The maximum atomic E-state index is 9.58. The van der Waals surface area contributed by atoms with E-state index in [-0.39, 0.29) is 6.61 Å². The van der Waals surface area contributed by atoms with Gasteiger partial charge in [0.25, 0.3) is 0 Å². The summed E-state index contributed by atoms with van der Waals surface area (Å²) >= 11 is 0. The van der Waals surface area contributed by atoms with Gasteiger partial charge in [0.2, 0.25) is 0 Å². The standard InChI is InChI=1S/C17H17N3O3/c1-22-14-8-6-13(7-9-14)20-17(16(11-21)18-19-20)12-4-3-5-15(10-12)23-2/h3-10,21H,11H2,1-2H3. The molecule has 0 radical (unpaired) electrons. The smallest absolute Gasteiger partial charge is 0.119 e. The van der Waals surface area contributed by atoms with E-state index < -0.39 is 0 Å². The van der Waals surface area contributed by atoms with Crippen molar-refractivity contribution in [2.24, 2.45) is 0 Å². The van der Waals surface area contributed by atoms with Crippen LogP contribution >= 0.6 is 0 Å². The predicted octanol–water partition coefficient (Wildman–Crippen LogP) is 2.44. The van der Waals surface area contributed by atoms with E-state index in [2.05, 4.69) is 10.3 Å². The Kier molecular flexibility index (Phi) is 4.25. The Morgan fingerprint density at radius 1 is 1.00 bits per heavy atom. The third kappa shape index (κ3) is 2.89. The van der Waals surface area contributed by atoms with E-state index in [1.54, 1.807) is 18.9 Å². The number of aromatic nitrogens is 3. The van der Waals surface area contributed by atoms with E-state index in [9.17, 15) is 5.11 Å². The van der Waals surface area contributed by atoms with Crippen LogP contribution in [0.3, 0.4) is 0 Å². The van der Waals surface area contributed by atoms with Gasteiger partial charge in [-0.15, -0.1) is 5.10 Å². The summed E-state index contributed by atoms with van der Waals surface area (Å²) in [6.07, 6.45) is 0. The molecule has 0 spiro atoms. The number of hydrogen-bond acceptors (Lipinski definition) is 5. The van der Waals surface area contributed by atoms with Crippen LogP contribution < -0.4 is 9.47 Å². The lowest BCUT2D eigenvalue weighted by atomic mass is 10.1. The zero-order valence-electron chi connectivity index (χ0n) is 12.9.